The minimum absolute atomic E-state index is 0.0399. The van der Waals surface area contributed by atoms with Crippen molar-refractivity contribution < 1.29 is 0 Å². The predicted octanol–water partition coefficient (Wildman–Crippen LogP) is 3.74. The maximum atomic E-state index is 13.0. The number of nitrogens with zero attached hydrogens (tertiary/aromatic N) is 4. The van der Waals surface area contributed by atoms with E-state index in [0.717, 1.165) is 33.7 Å². The van der Waals surface area contributed by atoms with Crippen molar-refractivity contribution in [3.8, 4) is 11.8 Å². The summed E-state index contributed by atoms with van der Waals surface area (Å²) in [6.07, 6.45) is 1.94. The molecule has 5 rings (SSSR count). The number of hydrogen-bond acceptors (Lipinski definition) is 4. The summed E-state index contributed by atoms with van der Waals surface area (Å²) in [5.74, 6) is 0. The highest BCUT2D eigenvalue weighted by Gasteiger charge is 2.13. The number of aromatic nitrogens is 3. The lowest BCUT2D eigenvalue weighted by molar-refractivity contribution is 0.964. The third kappa shape index (κ3) is 2.67. The van der Waals surface area contributed by atoms with E-state index in [1.54, 1.807) is 4.40 Å². The maximum Gasteiger partial charge on any atom is 0.274 e. The molecule has 29 heavy (non-hydrogen) atoms. The zero-order valence-corrected chi connectivity index (χ0v) is 16.7. The van der Waals surface area contributed by atoms with Gasteiger partial charge in [-0.05, 0) is 68.0 Å². The molecule has 0 fully saturated rings. The largest absolute Gasteiger partial charge is 0.318 e. The molecule has 0 amide bonds. The van der Waals surface area contributed by atoms with Gasteiger partial charge in [0.1, 0.15) is 0 Å². The van der Waals surface area contributed by atoms with Gasteiger partial charge in [0.15, 0.2) is 4.96 Å². The van der Waals surface area contributed by atoms with Crippen molar-refractivity contribution in [2.45, 2.75) is 13.8 Å². The van der Waals surface area contributed by atoms with E-state index in [0.29, 0.717) is 15.1 Å². The molecule has 0 aliphatic carbocycles. The van der Waals surface area contributed by atoms with Gasteiger partial charge < -0.3 is 4.57 Å². The summed E-state index contributed by atoms with van der Waals surface area (Å²) in [6, 6.07) is 19.4. The van der Waals surface area contributed by atoms with E-state index in [-0.39, 0.29) is 5.56 Å². The Hall–Kier alpha value is -3.69. The summed E-state index contributed by atoms with van der Waals surface area (Å²) in [6.45, 7) is 4.07. The zero-order valence-electron chi connectivity index (χ0n) is 15.9. The summed E-state index contributed by atoms with van der Waals surface area (Å²) >= 11 is 1.41. The normalized spacial score (nSPS) is 12.1. The number of rotatable bonds is 2. The van der Waals surface area contributed by atoms with Crippen LogP contribution in [0.2, 0.25) is 0 Å². The molecule has 5 aromatic rings. The van der Waals surface area contributed by atoms with Crippen LogP contribution in [0, 0.1) is 25.2 Å². The van der Waals surface area contributed by atoms with E-state index in [2.05, 4.69) is 21.7 Å². The number of para-hydroxylation sites is 2. The molecule has 0 radical (unpaired) electrons. The highest BCUT2D eigenvalue weighted by molar-refractivity contribution is 7.15. The molecule has 2 aromatic carbocycles. The SMILES string of the molecule is Cc1cc(/C=c2/sc3nc4ccccc4n3c2=O)c(C)n1-c1ccc(C#N)cc1. The third-order valence-electron chi connectivity index (χ3n) is 5.16. The van der Waals surface area contributed by atoms with Crippen molar-refractivity contribution in [2.75, 3.05) is 0 Å². The lowest BCUT2D eigenvalue weighted by atomic mass is 10.2. The summed E-state index contributed by atoms with van der Waals surface area (Å²) in [7, 11) is 0. The number of nitriles is 1. The Bertz CT molecular complexity index is 1550. The number of fused-ring (bicyclic) bond motifs is 3. The Morgan fingerprint density at radius 3 is 2.62 bits per heavy atom. The van der Waals surface area contributed by atoms with E-state index >= 15 is 0 Å². The van der Waals surface area contributed by atoms with Crippen molar-refractivity contribution in [1.29, 1.82) is 5.26 Å². The average Bonchev–Trinajstić information content (AvgIpc) is 3.33. The lowest BCUT2D eigenvalue weighted by Crippen LogP contribution is -2.22. The summed E-state index contributed by atoms with van der Waals surface area (Å²) in [5.41, 5.74) is 6.37. The molecular formula is C23H16N4OS. The Labute approximate surface area is 170 Å². The molecule has 0 atom stereocenters. The summed E-state index contributed by atoms with van der Waals surface area (Å²) < 4.78 is 4.48. The molecule has 5 nitrogen and oxygen atoms in total. The van der Waals surface area contributed by atoms with Crippen molar-refractivity contribution in [3.63, 3.8) is 0 Å². The molecule has 140 valence electrons. The molecule has 0 saturated heterocycles. The first-order valence-corrected chi connectivity index (χ1v) is 9.99. The van der Waals surface area contributed by atoms with Gasteiger partial charge in [-0.25, -0.2) is 9.38 Å². The van der Waals surface area contributed by atoms with Crippen LogP contribution in [-0.2, 0) is 0 Å². The molecule has 0 spiro atoms. The van der Waals surface area contributed by atoms with Crippen LogP contribution in [0.25, 0.3) is 27.8 Å². The predicted molar refractivity (Wildman–Crippen MR) is 116 cm³/mol. The van der Waals surface area contributed by atoms with Gasteiger partial charge in [-0.3, -0.25) is 4.79 Å². The number of benzene rings is 2. The molecule has 0 aliphatic rings. The van der Waals surface area contributed by atoms with Gasteiger partial charge in [0.2, 0.25) is 0 Å². The van der Waals surface area contributed by atoms with Gasteiger partial charge in [0.05, 0.1) is 27.2 Å². The molecule has 3 aromatic heterocycles. The second kappa shape index (κ2) is 6.43. The molecule has 6 heteroatoms. The van der Waals surface area contributed by atoms with Crippen molar-refractivity contribution in [1.82, 2.24) is 14.0 Å². The zero-order chi connectivity index (χ0) is 20.1. The van der Waals surface area contributed by atoms with Gasteiger partial charge >= 0.3 is 0 Å². The highest BCUT2D eigenvalue weighted by Crippen LogP contribution is 2.22. The van der Waals surface area contributed by atoms with Gasteiger partial charge in [-0.2, -0.15) is 5.26 Å². The molecule has 0 bridgehead atoms. The van der Waals surface area contributed by atoms with Gasteiger partial charge in [0.25, 0.3) is 5.56 Å². The quantitative estimate of drug-likeness (QED) is 0.457. The minimum Gasteiger partial charge on any atom is -0.318 e. The highest BCUT2D eigenvalue weighted by atomic mass is 32.1. The molecule has 3 heterocycles. The molecule has 0 unspecified atom stereocenters. The fourth-order valence-electron chi connectivity index (χ4n) is 3.77. The molecular weight excluding hydrogens is 380 g/mol. The van der Waals surface area contributed by atoms with E-state index < -0.39 is 0 Å². The maximum absolute atomic E-state index is 13.0. The van der Waals surface area contributed by atoms with Crippen LogP contribution in [0.15, 0.2) is 59.4 Å². The smallest absolute Gasteiger partial charge is 0.274 e. The van der Waals surface area contributed by atoms with E-state index in [1.807, 2.05) is 68.5 Å². The molecule has 0 aliphatic heterocycles. The molecule has 0 N–H and O–H groups in total. The Morgan fingerprint density at radius 1 is 1.10 bits per heavy atom. The second-order valence-corrected chi connectivity index (χ2v) is 7.96. The van der Waals surface area contributed by atoms with Gasteiger partial charge in [-0.15, -0.1) is 0 Å². The summed E-state index contributed by atoms with van der Waals surface area (Å²) in [5, 5.41) is 9.01. The second-order valence-electron chi connectivity index (χ2n) is 6.95. The average molecular weight is 396 g/mol. The fourth-order valence-corrected chi connectivity index (χ4v) is 4.75. The monoisotopic (exact) mass is 396 g/mol. The van der Waals surface area contributed by atoms with Crippen LogP contribution in [0.4, 0.5) is 0 Å². The van der Waals surface area contributed by atoms with Crippen molar-refractivity contribution >= 4 is 33.4 Å². The Kier molecular flexibility index (Phi) is 3.86. The molecule has 0 saturated carbocycles. The Balaban J connectivity index is 1.67. The number of thiazole rings is 1. The number of imidazole rings is 1. The summed E-state index contributed by atoms with van der Waals surface area (Å²) in [4.78, 5) is 18.3. The van der Waals surface area contributed by atoms with E-state index in [1.165, 1.54) is 11.3 Å². The van der Waals surface area contributed by atoms with Crippen LogP contribution in [-0.4, -0.2) is 14.0 Å². The first-order valence-electron chi connectivity index (χ1n) is 9.18. The number of aryl methyl sites for hydroxylation is 1. The lowest BCUT2D eigenvalue weighted by Gasteiger charge is -2.09. The fraction of sp³-hybridized carbons (Fsp3) is 0.0870. The topological polar surface area (TPSA) is 63.1 Å². The van der Waals surface area contributed by atoms with Gasteiger partial charge in [0, 0.05) is 17.1 Å². The number of hydrogen-bond donors (Lipinski definition) is 0. The van der Waals surface area contributed by atoms with Crippen molar-refractivity contribution in [3.05, 3.63) is 92.0 Å². The van der Waals surface area contributed by atoms with Crippen LogP contribution in [0.1, 0.15) is 22.5 Å². The van der Waals surface area contributed by atoms with Crippen LogP contribution in [0.5, 0.6) is 0 Å². The minimum atomic E-state index is -0.0399. The third-order valence-corrected chi connectivity index (χ3v) is 6.13. The standard InChI is InChI=1S/C23H16N4OS/c1-14-11-17(15(2)26(14)18-9-7-16(13-24)8-10-18)12-21-22(28)27-20-6-4-3-5-19(20)25-23(27)29-21/h3-12H,1-2H3/b21-12+. The van der Waals surface area contributed by atoms with Crippen LogP contribution < -0.4 is 10.1 Å². The Morgan fingerprint density at radius 2 is 1.86 bits per heavy atom. The van der Waals surface area contributed by atoms with Crippen LogP contribution in [0.3, 0.4) is 0 Å². The first-order chi connectivity index (χ1) is 14.1. The van der Waals surface area contributed by atoms with Gasteiger partial charge in [-0.1, -0.05) is 23.5 Å². The first kappa shape index (κ1) is 17.4. The van der Waals surface area contributed by atoms with E-state index in [9.17, 15) is 4.79 Å². The van der Waals surface area contributed by atoms with Crippen molar-refractivity contribution in [2.24, 2.45) is 0 Å². The van der Waals surface area contributed by atoms with E-state index in [4.69, 9.17) is 5.26 Å². The van der Waals surface area contributed by atoms with Crippen LogP contribution >= 0.6 is 11.3 Å².